The molecular weight excluding hydrogens is 226 g/mol. The molecule has 0 spiro atoms. The lowest BCUT2D eigenvalue weighted by Gasteiger charge is -2.40. The van der Waals surface area contributed by atoms with Gasteiger partial charge >= 0.3 is 5.97 Å². The summed E-state index contributed by atoms with van der Waals surface area (Å²) in [4.78, 5) is 14.2. The Kier molecular flexibility index (Phi) is 9.08. The van der Waals surface area contributed by atoms with E-state index in [0.29, 0.717) is 13.0 Å². The Labute approximate surface area is 113 Å². The Balaban J connectivity index is 4.61. The Bertz CT molecular complexity index is 227. The van der Waals surface area contributed by atoms with Crippen molar-refractivity contribution in [1.29, 1.82) is 0 Å². The van der Waals surface area contributed by atoms with Crippen LogP contribution >= 0.6 is 0 Å². The van der Waals surface area contributed by atoms with Crippen molar-refractivity contribution in [2.75, 3.05) is 19.7 Å². The van der Waals surface area contributed by atoms with Crippen LogP contribution in [0.3, 0.4) is 0 Å². The van der Waals surface area contributed by atoms with Gasteiger partial charge in [0.05, 0.1) is 13.0 Å². The molecule has 0 N–H and O–H groups in total. The molecule has 0 aliphatic carbocycles. The van der Waals surface area contributed by atoms with Crippen LogP contribution in [0.15, 0.2) is 0 Å². The van der Waals surface area contributed by atoms with Crippen molar-refractivity contribution < 1.29 is 9.53 Å². The topological polar surface area (TPSA) is 29.5 Å². The Morgan fingerprint density at radius 2 is 1.72 bits per heavy atom. The van der Waals surface area contributed by atoms with Gasteiger partial charge in [-0.1, -0.05) is 40.0 Å². The van der Waals surface area contributed by atoms with Crippen LogP contribution in [0.25, 0.3) is 0 Å². The lowest BCUT2D eigenvalue weighted by molar-refractivity contribution is -0.146. The maximum Gasteiger partial charge on any atom is 0.307 e. The molecule has 0 aliphatic heterocycles. The van der Waals surface area contributed by atoms with E-state index in [1.807, 2.05) is 6.92 Å². The van der Waals surface area contributed by atoms with Crippen molar-refractivity contribution in [2.24, 2.45) is 0 Å². The lowest BCUT2D eigenvalue weighted by Crippen LogP contribution is -2.48. The monoisotopic (exact) mass is 257 g/mol. The first-order valence-electron chi connectivity index (χ1n) is 7.44. The van der Waals surface area contributed by atoms with Gasteiger partial charge in [-0.2, -0.15) is 0 Å². The summed E-state index contributed by atoms with van der Waals surface area (Å²) in [5, 5.41) is 0. The zero-order valence-corrected chi connectivity index (χ0v) is 12.9. The Hall–Kier alpha value is -0.570. The number of hydrogen-bond donors (Lipinski definition) is 0. The first kappa shape index (κ1) is 17.4. The molecule has 18 heavy (non-hydrogen) atoms. The molecule has 0 aliphatic rings. The fourth-order valence-corrected chi connectivity index (χ4v) is 2.62. The summed E-state index contributed by atoms with van der Waals surface area (Å²) in [6.07, 6.45) is 5.21. The van der Waals surface area contributed by atoms with Crippen molar-refractivity contribution in [3.63, 3.8) is 0 Å². The van der Waals surface area contributed by atoms with Crippen molar-refractivity contribution >= 4 is 5.97 Å². The quantitative estimate of drug-likeness (QED) is 0.442. The van der Waals surface area contributed by atoms with Crippen molar-refractivity contribution in [3.8, 4) is 0 Å². The lowest BCUT2D eigenvalue weighted by atomic mass is 9.88. The molecule has 0 aromatic carbocycles. The standard InChI is InChI=1S/C15H31NO2/c1-6-10-11-12-15(5,16(7-2)8-3)13-14(17)18-9-4/h6-13H2,1-5H3. The average molecular weight is 257 g/mol. The van der Waals surface area contributed by atoms with E-state index in [1.165, 1.54) is 19.3 Å². The second-order valence-electron chi connectivity index (χ2n) is 5.11. The van der Waals surface area contributed by atoms with Crippen LogP contribution in [-0.2, 0) is 9.53 Å². The van der Waals surface area contributed by atoms with Crippen molar-refractivity contribution in [3.05, 3.63) is 0 Å². The summed E-state index contributed by atoms with van der Waals surface area (Å²) in [5.41, 5.74) is -0.0507. The van der Waals surface area contributed by atoms with Gasteiger partial charge in [-0.15, -0.1) is 0 Å². The molecule has 3 heteroatoms. The molecule has 0 fully saturated rings. The highest BCUT2D eigenvalue weighted by atomic mass is 16.5. The zero-order chi connectivity index (χ0) is 14.0. The van der Waals surface area contributed by atoms with Gasteiger partial charge in [-0.3, -0.25) is 9.69 Å². The average Bonchev–Trinajstić information content (AvgIpc) is 2.30. The van der Waals surface area contributed by atoms with Gasteiger partial charge in [0, 0.05) is 5.54 Å². The molecule has 3 nitrogen and oxygen atoms in total. The number of esters is 1. The fraction of sp³-hybridized carbons (Fsp3) is 0.933. The van der Waals surface area contributed by atoms with Crippen molar-refractivity contribution in [2.45, 2.75) is 72.3 Å². The fourth-order valence-electron chi connectivity index (χ4n) is 2.62. The Morgan fingerprint density at radius 3 is 2.17 bits per heavy atom. The summed E-state index contributed by atoms with van der Waals surface area (Å²) < 4.78 is 5.12. The van der Waals surface area contributed by atoms with Crippen LogP contribution in [0, 0.1) is 0 Å². The molecule has 0 amide bonds. The van der Waals surface area contributed by atoms with E-state index < -0.39 is 0 Å². The molecule has 0 aromatic heterocycles. The van der Waals surface area contributed by atoms with E-state index in [4.69, 9.17) is 4.74 Å². The minimum absolute atomic E-state index is 0.0507. The van der Waals surface area contributed by atoms with E-state index in [9.17, 15) is 4.79 Å². The minimum Gasteiger partial charge on any atom is -0.466 e. The maximum atomic E-state index is 11.8. The number of hydrogen-bond acceptors (Lipinski definition) is 3. The third-order valence-electron chi connectivity index (χ3n) is 3.68. The molecule has 0 saturated heterocycles. The van der Waals surface area contributed by atoms with Crippen LogP contribution in [-0.4, -0.2) is 36.1 Å². The highest BCUT2D eigenvalue weighted by Gasteiger charge is 2.32. The first-order chi connectivity index (χ1) is 8.53. The molecule has 0 aromatic rings. The third-order valence-corrected chi connectivity index (χ3v) is 3.68. The van der Waals surface area contributed by atoms with Gasteiger partial charge in [0.2, 0.25) is 0 Å². The van der Waals surface area contributed by atoms with Gasteiger partial charge in [-0.05, 0) is 33.4 Å². The third kappa shape index (κ3) is 5.85. The molecule has 1 unspecified atom stereocenters. The summed E-state index contributed by atoms with van der Waals surface area (Å²) in [6, 6.07) is 0. The molecule has 0 saturated carbocycles. The second kappa shape index (κ2) is 9.37. The van der Waals surface area contributed by atoms with Crippen LogP contribution in [0.5, 0.6) is 0 Å². The SMILES string of the molecule is CCCCCC(C)(CC(=O)OCC)N(CC)CC. The van der Waals surface area contributed by atoms with Gasteiger partial charge < -0.3 is 4.74 Å². The smallest absolute Gasteiger partial charge is 0.307 e. The van der Waals surface area contributed by atoms with Crippen LogP contribution in [0.4, 0.5) is 0 Å². The zero-order valence-electron chi connectivity index (χ0n) is 12.9. The molecule has 108 valence electrons. The number of rotatable bonds is 10. The van der Waals surface area contributed by atoms with Crippen LogP contribution < -0.4 is 0 Å². The summed E-state index contributed by atoms with van der Waals surface area (Å²) in [7, 11) is 0. The van der Waals surface area contributed by atoms with Crippen LogP contribution in [0.1, 0.15) is 66.7 Å². The molecule has 0 heterocycles. The minimum atomic E-state index is -0.0663. The predicted molar refractivity (Wildman–Crippen MR) is 76.7 cm³/mol. The van der Waals surface area contributed by atoms with Gasteiger partial charge in [0.15, 0.2) is 0 Å². The maximum absolute atomic E-state index is 11.8. The highest BCUT2D eigenvalue weighted by Crippen LogP contribution is 2.26. The number of ether oxygens (including phenoxy) is 1. The largest absolute Gasteiger partial charge is 0.466 e. The number of nitrogens with zero attached hydrogens (tertiary/aromatic N) is 1. The molecular formula is C15H31NO2. The number of carbonyl (C=O) groups is 1. The van der Waals surface area contributed by atoms with Gasteiger partial charge in [0.1, 0.15) is 0 Å². The molecule has 1 atom stereocenters. The van der Waals surface area contributed by atoms with E-state index in [2.05, 4.69) is 32.6 Å². The summed E-state index contributed by atoms with van der Waals surface area (Å²) in [6.45, 7) is 13.0. The number of carbonyl (C=O) groups excluding carboxylic acids is 1. The molecule has 0 bridgehead atoms. The van der Waals surface area contributed by atoms with Gasteiger partial charge in [0.25, 0.3) is 0 Å². The second-order valence-corrected chi connectivity index (χ2v) is 5.11. The van der Waals surface area contributed by atoms with E-state index >= 15 is 0 Å². The molecule has 0 rings (SSSR count). The van der Waals surface area contributed by atoms with Crippen LogP contribution in [0.2, 0.25) is 0 Å². The summed E-state index contributed by atoms with van der Waals surface area (Å²) >= 11 is 0. The number of unbranched alkanes of at least 4 members (excludes halogenated alkanes) is 2. The first-order valence-corrected chi connectivity index (χ1v) is 7.44. The Morgan fingerprint density at radius 1 is 1.11 bits per heavy atom. The van der Waals surface area contributed by atoms with E-state index in [0.717, 1.165) is 19.5 Å². The summed E-state index contributed by atoms with van der Waals surface area (Å²) in [5.74, 6) is -0.0663. The van der Waals surface area contributed by atoms with E-state index in [1.54, 1.807) is 0 Å². The normalized spacial score (nSPS) is 14.6. The molecule has 0 radical (unpaired) electrons. The highest BCUT2D eigenvalue weighted by molar-refractivity contribution is 5.70. The predicted octanol–water partition coefficient (Wildman–Crippen LogP) is 3.62. The van der Waals surface area contributed by atoms with Gasteiger partial charge in [-0.25, -0.2) is 0 Å². The van der Waals surface area contributed by atoms with E-state index in [-0.39, 0.29) is 11.5 Å². The van der Waals surface area contributed by atoms with Crippen molar-refractivity contribution in [1.82, 2.24) is 4.90 Å².